The largest absolute Gasteiger partial charge is 0.390 e. The van der Waals surface area contributed by atoms with Crippen LogP contribution in [0.3, 0.4) is 0 Å². The van der Waals surface area contributed by atoms with E-state index >= 15 is 0 Å². The fraction of sp³-hybridized carbons (Fsp3) is 0.556. The van der Waals surface area contributed by atoms with Crippen LogP contribution in [0, 0.1) is 0 Å². The molecule has 1 aliphatic rings. The number of rotatable bonds is 2. The second-order valence-corrected chi connectivity index (χ2v) is 3.89. The average molecular weight is 263 g/mol. The molecule has 1 fully saturated rings. The molecule has 1 saturated heterocycles. The zero-order valence-electron chi connectivity index (χ0n) is 9.03. The van der Waals surface area contributed by atoms with Gasteiger partial charge in [0.2, 0.25) is 0 Å². The number of nitrogens with two attached hydrogens (primary N) is 1. The van der Waals surface area contributed by atoms with E-state index in [2.05, 4.69) is 9.72 Å². The summed E-state index contributed by atoms with van der Waals surface area (Å²) in [6.07, 6.45) is -4.94. The van der Waals surface area contributed by atoms with Gasteiger partial charge in [-0.2, -0.15) is 4.98 Å². The van der Waals surface area contributed by atoms with Gasteiger partial charge in [-0.1, -0.05) is 0 Å². The van der Waals surface area contributed by atoms with Crippen molar-refractivity contribution in [3.63, 3.8) is 0 Å². The van der Waals surface area contributed by atoms with Crippen molar-refractivity contribution in [1.29, 1.82) is 0 Å². The maximum Gasteiger partial charge on any atom is 0.351 e. The number of alkyl halides is 2. The summed E-state index contributed by atoms with van der Waals surface area (Å²) < 4.78 is 32.4. The normalized spacial score (nSPS) is 35.9. The molecular formula is C9H11F2N3O4. The molecular weight excluding hydrogens is 252 g/mol. The van der Waals surface area contributed by atoms with Crippen molar-refractivity contribution < 1.29 is 23.7 Å². The highest BCUT2D eigenvalue weighted by Gasteiger charge is 2.57. The first kappa shape index (κ1) is 12.9. The van der Waals surface area contributed by atoms with Crippen LogP contribution in [-0.2, 0) is 4.74 Å². The minimum atomic E-state index is -3.05. The first-order chi connectivity index (χ1) is 8.39. The fourth-order valence-electron chi connectivity index (χ4n) is 1.70. The van der Waals surface area contributed by atoms with E-state index in [1.165, 1.54) is 6.07 Å². The summed E-state index contributed by atoms with van der Waals surface area (Å²) in [5, 5.41) is 18.2. The smallest absolute Gasteiger partial charge is 0.351 e. The topological polar surface area (TPSA) is 111 Å². The Hall–Kier alpha value is -1.58. The van der Waals surface area contributed by atoms with E-state index < -0.39 is 36.7 Å². The zero-order valence-corrected chi connectivity index (χ0v) is 9.03. The minimum Gasteiger partial charge on any atom is -0.390 e. The Morgan fingerprint density at radius 2 is 2.33 bits per heavy atom. The van der Waals surface area contributed by atoms with Crippen LogP contribution >= 0.6 is 0 Å². The number of ether oxygens (including phenoxy) is 1. The Kier molecular flexibility index (Phi) is 3.05. The molecule has 2 heterocycles. The highest BCUT2D eigenvalue weighted by molar-refractivity contribution is 5.23. The van der Waals surface area contributed by atoms with Gasteiger partial charge in [0.25, 0.3) is 5.85 Å². The SMILES string of the molecule is Nc1ccn([C@@H]2O[C@@](F)(CO)[C@H](F)[C@H]2O)c(=O)n1. The highest BCUT2D eigenvalue weighted by Crippen LogP contribution is 2.39. The van der Waals surface area contributed by atoms with E-state index in [1.54, 1.807) is 0 Å². The third kappa shape index (κ3) is 1.85. The van der Waals surface area contributed by atoms with Gasteiger partial charge in [0.05, 0.1) is 0 Å². The number of nitrogens with zero attached hydrogens (tertiary/aromatic N) is 2. The molecule has 0 aliphatic carbocycles. The van der Waals surface area contributed by atoms with E-state index in [9.17, 15) is 18.7 Å². The number of aliphatic hydroxyl groups excluding tert-OH is 2. The van der Waals surface area contributed by atoms with Crippen molar-refractivity contribution in [2.24, 2.45) is 0 Å². The summed E-state index contributed by atoms with van der Waals surface area (Å²) in [5.41, 5.74) is 4.33. The van der Waals surface area contributed by atoms with Gasteiger partial charge in [-0.3, -0.25) is 4.57 Å². The van der Waals surface area contributed by atoms with Gasteiger partial charge >= 0.3 is 5.69 Å². The Balaban J connectivity index is 2.38. The van der Waals surface area contributed by atoms with E-state index in [-0.39, 0.29) is 5.82 Å². The molecule has 100 valence electrons. The maximum atomic E-state index is 13.7. The number of hydrogen-bond acceptors (Lipinski definition) is 6. The van der Waals surface area contributed by atoms with Crippen LogP contribution in [0.4, 0.5) is 14.6 Å². The zero-order chi connectivity index (χ0) is 13.5. The van der Waals surface area contributed by atoms with Gasteiger partial charge in [0, 0.05) is 6.20 Å². The molecule has 0 amide bonds. The molecule has 1 aromatic heterocycles. The van der Waals surface area contributed by atoms with Crippen molar-refractivity contribution >= 4 is 5.82 Å². The number of hydrogen-bond donors (Lipinski definition) is 3. The predicted molar refractivity (Wildman–Crippen MR) is 54.9 cm³/mol. The molecule has 18 heavy (non-hydrogen) atoms. The standard InChI is InChI=1S/C9H11F2N3O4/c10-6-5(16)7(18-9(6,11)3-15)14-2-1-4(12)13-8(14)17/h1-2,5-7,15-16H,3H2,(H2,12,13,17)/t5-,6-,7-,9+/m1/s1. The van der Waals surface area contributed by atoms with Crippen LogP contribution < -0.4 is 11.4 Å². The number of aromatic nitrogens is 2. The van der Waals surface area contributed by atoms with Gasteiger partial charge < -0.3 is 20.7 Å². The van der Waals surface area contributed by atoms with Crippen molar-refractivity contribution in [2.75, 3.05) is 12.3 Å². The number of halogens is 2. The lowest BCUT2D eigenvalue weighted by atomic mass is 10.1. The molecule has 0 radical (unpaired) electrons. The van der Waals surface area contributed by atoms with Crippen molar-refractivity contribution in [3.8, 4) is 0 Å². The van der Waals surface area contributed by atoms with Crippen LogP contribution in [0.1, 0.15) is 6.23 Å². The fourth-order valence-corrected chi connectivity index (χ4v) is 1.70. The van der Waals surface area contributed by atoms with Crippen LogP contribution in [0.15, 0.2) is 17.1 Å². The maximum absolute atomic E-state index is 13.7. The van der Waals surface area contributed by atoms with Crippen molar-refractivity contribution in [3.05, 3.63) is 22.7 Å². The second kappa shape index (κ2) is 4.26. The van der Waals surface area contributed by atoms with Crippen LogP contribution in [0.5, 0.6) is 0 Å². The molecule has 4 N–H and O–H groups in total. The van der Waals surface area contributed by atoms with Gasteiger partial charge in [-0.25, -0.2) is 13.6 Å². The summed E-state index contributed by atoms with van der Waals surface area (Å²) in [6, 6.07) is 1.21. The first-order valence-electron chi connectivity index (χ1n) is 5.03. The predicted octanol–water partition coefficient (Wildman–Crippen LogP) is -1.29. The van der Waals surface area contributed by atoms with Crippen LogP contribution in [0.2, 0.25) is 0 Å². The Bertz CT molecular complexity index is 511. The molecule has 1 aliphatic heterocycles. The Labute approximate surface area is 99.4 Å². The molecule has 0 unspecified atom stereocenters. The van der Waals surface area contributed by atoms with E-state index in [4.69, 9.17) is 10.8 Å². The third-order valence-corrected chi connectivity index (χ3v) is 2.66. The highest BCUT2D eigenvalue weighted by atomic mass is 19.2. The quantitative estimate of drug-likeness (QED) is 0.612. The second-order valence-electron chi connectivity index (χ2n) is 3.89. The number of anilines is 1. The van der Waals surface area contributed by atoms with Crippen molar-refractivity contribution in [1.82, 2.24) is 9.55 Å². The molecule has 2 rings (SSSR count). The number of nitrogen functional groups attached to an aromatic ring is 1. The lowest BCUT2D eigenvalue weighted by Crippen LogP contribution is -2.39. The average Bonchev–Trinajstić information content (AvgIpc) is 2.55. The summed E-state index contributed by atoms with van der Waals surface area (Å²) in [7, 11) is 0. The van der Waals surface area contributed by atoms with Gasteiger partial charge in [0.1, 0.15) is 18.5 Å². The third-order valence-electron chi connectivity index (χ3n) is 2.66. The lowest BCUT2D eigenvalue weighted by Gasteiger charge is -2.18. The first-order valence-corrected chi connectivity index (χ1v) is 5.03. The minimum absolute atomic E-state index is 0.0748. The lowest BCUT2D eigenvalue weighted by molar-refractivity contribution is -0.196. The Morgan fingerprint density at radius 3 is 2.83 bits per heavy atom. The van der Waals surface area contributed by atoms with E-state index in [1.807, 2.05) is 0 Å². The molecule has 4 atom stereocenters. The van der Waals surface area contributed by atoms with Crippen molar-refractivity contribution in [2.45, 2.75) is 24.4 Å². The molecule has 9 heteroatoms. The van der Waals surface area contributed by atoms with Crippen LogP contribution in [-0.4, -0.2) is 44.5 Å². The molecule has 0 saturated carbocycles. The van der Waals surface area contributed by atoms with Gasteiger partial charge in [-0.15, -0.1) is 0 Å². The summed E-state index contributed by atoms with van der Waals surface area (Å²) >= 11 is 0. The monoisotopic (exact) mass is 263 g/mol. The molecule has 0 spiro atoms. The number of aliphatic hydroxyl groups is 2. The van der Waals surface area contributed by atoms with E-state index in [0.29, 0.717) is 4.57 Å². The van der Waals surface area contributed by atoms with Crippen LogP contribution in [0.25, 0.3) is 0 Å². The summed E-state index contributed by atoms with van der Waals surface area (Å²) in [6.45, 7) is -1.28. The molecule has 0 aromatic carbocycles. The summed E-state index contributed by atoms with van der Waals surface area (Å²) in [5.74, 6) is -3.13. The Morgan fingerprint density at radius 1 is 1.67 bits per heavy atom. The molecule has 1 aromatic rings. The van der Waals surface area contributed by atoms with Gasteiger partial charge in [-0.05, 0) is 6.07 Å². The van der Waals surface area contributed by atoms with Gasteiger partial charge in [0.15, 0.2) is 12.4 Å². The molecule has 0 bridgehead atoms. The van der Waals surface area contributed by atoms with E-state index in [0.717, 1.165) is 6.20 Å². The molecule has 7 nitrogen and oxygen atoms in total. The summed E-state index contributed by atoms with van der Waals surface area (Å²) in [4.78, 5) is 14.8.